The molecular weight excluding hydrogens is 541 g/mol. The molecular formula is C30H37ClFNO7. The van der Waals surface area contributed by atoms with Gasteiger partial charge in [0.15, 0.2) is 0 Å². The van der Waals surface area contributed by atoms with Gasteiger partial charge in [0, 0.05) is 23.2 Å². The third kappa shape index (κ3) is 7.95. The zero-order chi connectivity index (χ0) is 29.9. The minimum absolute atomic E-state index is 0.0303. The van der Waals surface area contributed by atoms with Crippen molar-refractivity contribution in [3.05, 3.63) is 58.9 Å². The van der Waals surface area contributed by atoms with Crippen LogP contribution < -0.4 is 0 Å². The second kappa shape index (κ2) is 12.1. The van der Waals surface area contributed by atoms with Crippen LogP contribution in [0, 0.1) is 11.2 Å². The maximum Gasteiger partial charge on any atom is 0.508 e. The summed E-state index contributed by atoms with van der Waals surface area (Å²) < 4.78 is 30.4. The molecule has 0 radical (unpaired) electrons. The Hall–Kier alpha value is -3.17. The second-order valence-electron chi connectivity index (χ2n) is 12.0. The molecule has 1 aliphatic rings. The molecule has 0 saturated carbocycles. The van der Waals surface area contributed by atoms with Crippen molar-refractivity contribution < 1.29 is 38.1 Å². The van der Waals surface area contributed by atoms with Gasteiger partial charge in [-0.05, 0) is 90.1 Å². The number of likely N-dealkylation sites (tertiary alicyclic amines) is 1. The SMILES string of the molecule is CC(C)(C)OC(=O)OCC1(CCO)C[C@@H](Cc2ccc(-c3cc(Cl)ccc3F)cc2)N(C(=O)OC(C)(C)C)C1=O. The summed E-state index contributed by atoms with van der Waals surface area (Å²) in [4.78, 5) is 40.4. The lowest BCUT2D eigenvalue weighted by molar-refractivity contribution is -0.139. The number of aliphatic hydroxyl groups is 1. The van der Waals surface area contributed by atoms with E-state index in [1.807, 2.05) is 0 Å². The number of carbonyl (C=O) groups excluding carboxylic acids is 3. The van der Waals surface area contributed by atoms with Gasteiger partial charge in [-0.2, -0.15) is 0 Å². The first kappa shape index (κ1) is 31.4. The van der Waals surface area contributed by atoms with E-state index in [1.165, 1.54) is 12.1 Å². The highest BCUT2D eigenvalue weighted by Gasteiger charge is 2.55. The lowest BCUT2D eigenvalue weighted by Crippen LogP contribution is -2.46. The van der Waals surface area contributed by atoms with Gasteiger partial charge in [0.2, 0.25) is 5.91 Å². The van der Waals surface area contributed by atoms with E-state index < -0.39 is 46.6 Å². The molecule has 1 heterocycles. The van der Waals surface area contributed by atoms with Gasteiger partial charge < -0.3 is 19.3 Å². The number of amides is 2. The van der Waals surface area contributed by atoms with Gasteiger partial charge >= 0.3 is 12.2 Å². The smallest absolute Gasteiger partial charge is 0.443 e. The third-order valence-corrected chi connectivity index (χ3v) is 6.60. The summed E-state index contributed by atoms with van der Waals surface area (Å²) in [5, 5.41) is 10.2. The number of hydrogen-bond acceptors (Lipinski definition) is 7. The van der Waals surface area contributed by atoms with Gasteiger partial charge in [-0.25, -0.2) is 18.9 Å². The van der Waals surface area contributed by atoms with E-state index in [9.17, 15) is 23.9 Å². The van der Waals surface area contributed by atoms with Gasteiger partial charge in [0.25, 0.3) is 0 Å². The van der Waals surface area contributed by atoms with E-state index in [1.54, 1.807) is 71.9 Å². The van der Waals surface area contributed by atoms with Crippen molar-refractivity contribution in [1.82, 2.24) is 4.90 Å². The summed E-state index contributed by atoms with van der Waals surface area (Å²) in [6, 6.07) is 10.7. The molecule has 2 atom stereocenters. The molecule has 1 unspecified atom stereocenters. The van der Waals surface area contributed by atoms with Crippen LogP contribution in [0.15, 0.2) is 42.5 Å². The topological polar surface area (TPSA) is 102 Å². The standard InChI is InChI=1S/C30H37ClFNO7/c1-28(2,3)39-26(36)33-22(15-19-7-9-20(10-8-19)23-16-21(31)11-12-24(23)32)17-30(13-14-34,25(33)35)18-38-27(37)40-29(4,5)6/h7-12,16,22,34H,13-15,17-18H2,1-6H3/t22-,30?/m1/s1. The molecule has 10 heteroatoms. The predicted octanol–water partition coefficient (Wildman–Crippen LogP) is 6.55. The number of halogens is 2. The average Bonchev–Trinajstić information content (AvgIpc) is 3.09. The fraction of sp³-hybridized carbons (Fsp3) is 0.500. The number of carbonyl (C=O) groups is 3. The van der Waals surface area contributed by atoms with Crippen LogP contribution in [-0.2, 0) is 25.4 Å². The molecule has 0 aromatic heterocycles. The van der Waals surface area contributed by atoms with Crippen molar-refractivity contribution in [2.75, 3.05) is 13.2 Å². The molecule has 2 aromatic carbocycles. The molecule has 0 spiro atoms. The molecule has 1 fully saturated rings. The first-order valence-electron chi connectivity index (χ1n) is 13.1. The fourth-order valence-electron chi connectivity index (χ4n) is 4.66. The number of ether oxygens (including phenoxy) is 3. The minimum atomic E-state index is -1.35. The third-order valence-electron chi connectivity index (χ3n) is 6.37. The molecule has 1 N–H and O–H groups in total. The van der Waals surface area contributed by atoms with Crippen LogP contribution in [0.25, 0.3) is 11.1 Å². The van der Waals surface area contributed by atoms with Crippen LogP contribution in [0.4, 0.5) is 14.0 Å². The first-order valence-corrected chi connectivity index (χ1v) is 13.5. The molecule has 40 heavy (non-hydrogen) atoms. The molecule has 1 saturated heterocycles. The van der Waals surface area contributed by atoms with Gasteiger partial charge in [0.05, 0.1) is 5.41 Å². The van der Waals surface area contributed by atoms with Crippen molar-refractivity contribution in [3.8, 4) is 11.1 Å². The number of imide groups is 1. The van der Waals surface area contributed by atoms with Crippen molar-refractivity contribution in [2.45, 2.75) is 78.0 Å². The number of aliphatic hydroxyl groups excluding tert-OH is 1. The lowest BCUT2D eigenvalue weighted by atomic mass is 9.81. The average molecular weight is 578 g/mol. The number of benzene rings is 2. The molecule has 3 rings (SSSR count). The summed E-state index contributed by atoms with van der Waals surface area (Å²) in [5.41, 5.74) is -1.25. The van der Waals surface area contributed by atoms with Crippen molar-refractivity contribution in [1.29, 1.82) is 0 Å². The number of rotatable bonds is 7. The van der Waals surface area contributed by atoms with E-state index in [0.717, 1.165) is 10.5 Å². The maximum atomic E-state index is 14.4. The Morgan fingerprint density at radius 2 is 1.68 bits per heavy atom. The normalized spacial score (nSPS) is 19.5. The van der Waals surface area contributed by atoms with Crippen LogP contribution in [-0.4, -0.2) is 58.6 Å². The number of hydrogen-bond donors (Lipinski definition) is 1. The predicted molar refractivity (Wildman–Crippen MR) is 148 cm³/mol. The molecule has 1 aliphatic heterocycles. The van der Waals surface area contributed by atoms with Crippen LogP contribution >= 0.6 is 11.6 Å². The Morgan fingerprint density at radius 3 is 2.25 bits per heavy atom. The second-order valence-corrected chi connectivity index (χ2v) is 12.5. The van der Waals surface area contributed by atoms with E-state index in [4.69, 9.17) is 25.8 Å². The van der Waals surface area contributed by atoms with Crippen LogP contribution in [0.5, 0.6) is 0 Å². The summed E-state index contributed by atoms with van der Waals surface area (Å²) in [5.74, 6) is -1.00. The Labute approximate surface area is 239 Å². The monoisotopic (exact) mass is 577 g/mol. The fourth-order valence-corrected chi connectivity index (χ4v) is 4.83. The van der Waals surface area contributed by atoms with E-state index in [-0.39, 0.29) is 32.5 Å². The summed E-state index contributed by atoms with van der Waals surface area (Å²) in [6.07, 6.45) is -1.41. The highest BCUT2D eigenvalue weighted by atomic mass is 35.5. The lowest BCUT2D eigenvalue weighted by Gasteiger charge is -2.28. The Morgan fingerprint density at radius 1 is 1.05 bits per heavy atom. The van der Waals surface area contributed by atoms with E-state index in [2.05, 4.69) is 0 Å². The van der Waals surface area contributed by atoms with Gasteiger partial charge in [-0.3, -0.25) is 4.79 Å². The van der Waals surface area contributed by atoms with Crippen molar-refractivity contribution >= 4 is 29.8 Å². The van der Waals surface area contributed by atoms with Gasteiger partial charge in [0.1, 0.15) is 23.6 Å². The largest absolute Gasteiger partial charge is 0.508 e. The molecule has 2 amide bonds. The highest BCUT2D eigenvalue weighted by Crippen LogP contribution is 2.42. The quantitative estimate of drug-likeness (QED) is 0.372. The highest BCUT2D eigenvalue weighted by molar-refractivity contribution is 6.30. The molecule has 218 valence electrons. The summed E-state index contributed by atoms with van der Waals surface area (Å²) >= 11 is 6.04. The molecule has 8 nitrogen and oxygen atoms in total. The maximum absolute atomic E-state index is 14.4. The van der Waals surface area contributed by atoms with Crippen LogP contribution in [0.3, 0.4) is 0 Å². The number of nitrogens with zero attached hydrogens (tertiary/aromatic N) is 1. The van der Waals surface area contributed by atoms with Gasteiger partial charge in [-0.1, -0.05) is 35.9 Å². The van der Waals surface area contributed by atoms with E-state index in [0.29, 0.717) is 16.1 Å². The van der Waals surface area contributed by atoms with Crippen molar-refractivity contribution in [2.24, 2.45) is 5.41 Å². The van der Waals surface area contributed by atoms with E-state index >= 15 is 0 Å². The summed E-state index contributed by atoms with van der Waals surface area (Å²) in [6.45, 7) is 9.41. The zero-order valence-electron chi connectivity index (χ0n) is 23.8. The van der Waals surface area contributed by atoms with Crippen LogP contribution in [0.2, 0.25) is 5.02 Å². The molecule has 2 aromatic rings. The van der Waals surface area contributed by atoms with Crippen LogP contribution in [0.1, 0.15) is 59.9 Å². The minimum Gasteiger partial charge on any atom is -0.443 e. The first-order chi connectivity index (χ1) is 18.5. The Kier molecular flexibility index (Phi) is 9.52. The summed E-state index contributed by atoms with van der Waals surface area (Å²) in [7, 11) is 0. The molecule has 0 bridgehead atoms. The van der Waals surface area contributed by atoms with Gasteiger partial charge in [-0.15, -0.1) is 0 Å². The van der Waals surface area contributed by atoms with Crippen molar-refractivity contribution in [3.63, 3.8) is 0 Å². The Bertz CT molecular complexity index is 1240. The molecule has 0 aliphatic carbocycles. The zero-order valence-corrected chi connectivity index (χ0v) is 24.5. The Balaban J connectivity index is 1.89.